The zero-order valence-corrected chi connectivity index (χ0v) is 13.3. The van der Waals surface area contributed by atoms with E-state index in [4.69, 9.17) is 0 Å². The summed E-state index contributed by atoms with van der Waals surface area (Å²) in [6, 6.07) is 11.7. The topological polar surface area (TPSA) is 12.0 Å². The summed E-state index contributed by atoms with van der Waals surface area (Å²) in [6.07, 6.45) is 0.812. The molecule has 1 unspecified atom stereocenters. The molecule has 0 bridgehead atoms. The lowest BCUT2D eigenvalue weighted by atomic mass is 9.92. The minimum Gasteiger partial charge on any atom is -0.310 e. The van der Waals surface area contributed by atoms with E-state index >= 15 is 0 Å². The van der Waals surface area contributed by atoms with Crippen molar-refractivity contribution in [2.24, 2.45) is 0 Å². The van der Waals surface area contributed by atoms with E-state index in [-0.39, 0.29) is 11.9 Å². The highest BCUT2D eigenvalue weighted by Crippen LogP contribution is 2.25. The average molecular weight is 285 g/mol. The molecule has 0 radical (unpaired) electrons. The molecule has 0 aliphatic carbocycles. The van der Waals surface area contributed by atoms with E-state index < -0.39 is 0 Å². The van der Waals surface area contributed by atoms with Gasteiger partial charge in [0.1, 0.15) is 5.82 Å². The third kappa shape index (κ3) is 3.70. The monoisotopic (exact) mass is 285 g/mol. The van der Waals surface area contributed by atoms with Crippen LogP contribution in [-0.4, -0.2) is 6.54 Å². The molecule has 0 aliphatic heterocycles. The van der Waals surface area contributed by atoms with Crippen LogP contribution in [0.1, 0.15) is 40.8 Å². The molecular weight excluding hydrogens is 261 g/mol. The third-order valence-electron chi connectivity index (χ3n) is 4.03. The van der Waals surface area contributed by atoms with E-state index in [9.17, 15) is 4.39 Å². The van der Waals surface area contributed by atoms with Crippen LogP contribution in [0.15, 0.2) is 36.4 Å². The molecule has 0 fully saturated rings. The van der Waals surface area contributed by atoms with Crippen LogP contribution in [0.2, 0.25) is 0 Å². The van der Waals surface area contributed by atoms with Gasteiger partial charge in [0.25, 0.3) is 0 Å². The fourth-order valence-corrected chi connectivity index (χ4v) is 2.84. The highest BCUT2D eigenvalue weighted by molar-refractivity contribution is 5.36. The fourth-order valence-electron chi connectivity index (χ4n) is 2.84. The summed E-state index contributed by atoms with van der Waals surface area (Å²) >= 11 is 0. The van der Waals surface area contributed by atoms with Crippen molar-refractivity contribution in [3.63, 3.8) is 0 Å². The smallest absolute Gasteiger partial charge is 0.128 e. The molecular formula is C19H24FN. The summed E-state index contributed by atoms with van der Waals surface area (Å²) in [7, 11) is 0. The van der Waals surface area contributed by atoms with Crippen molar-refractivity contribution < 1.29 is 4.39 Å². The Labute approximate surface area is 127 Å². The van der Waals surface area contributed by atoms with E-state index in [1.807, 2.05) is 19.1 Å². The Balaban J connectivity index is 2.38. The third-order valence-corrected chi connectivity index (χ3v) is 4.03. The van der Waals surface area contributed by atoms with Crippen molar-refractivity contribution in [3.8, 4) is 0 Å². The first-order chi connectivity index (χ1) is 10.0. The number of rotatable bonds is 5. The van der Waals surface area contributed by atoms with E-state index in [2.05, 4.69) is 44.3 Å². The van der Waals surface area contributed by atoms with Gasteiger partial charge >= 0.3 is 0 Å². The molecule has 112 valence electrons. The van der Waals surface area contributed by atoms with Crippen LogP contribution >= 0.6 is 0 Å². The minimum absolute atomic E-state index is 0.00898. The molecule has 1 atom stereocenters. The van der Waals surface area contributed by atoms with E-state index in [1.165, 1.54) is 16.7 Å². The van der Waals surface area contributed by atoms with Gasteiger partial charge in [-0.3, -0.25) is 0 Å². The molecule has 21 heavy (non-hydrogen) atoms. The SMILES string of the molecule is CCNC(Cc1c(C)cccc1C)c1cc(C)ccc1F. The maximum atomic E-state index is 14.2. The Morgan fingerprint density at radius 2 is 1.71 bits per heavy atom. The Bertz CT molecular complexity index is 599. The molecule has 2 heteroatoms. The average Bonchev–Trinajstić information content (AvgIpc) is 2.44. The van der Waals surface area contributed by atoms with E-state index in [1.54, 1.807) is 6.07 Å². The van der Waals surface area contributed by atoms with Gasteiger partial charge in [-0.25, -0.2) is 4.39 Å². The lowest BCUT2D eigenvalue weighted by molar-refractivity contribution is 0.508. The quantitative estimate of drug-likeness (QED) is 0.843. The normalized spacial score (nSPS) is 12.4. The largest absolute Gasteiger partial charge is 0.310 e. The number of nitrogens with one attached hydrogen (secondary N) is 1. The molecule has 0 saturated carbocycles. The summed E-state index contributed by atoms with van der Waals surface area (Å²) in [5.74, 6) is -0.127. The predicted molar refractivity (Wildman–Crippen MR) is 87.2 cm³/mol. The summed E-state index contributed by atoms with van der Waals surface area (Å²) in [5.41, 5.74) is 5.71. The highest BCUT2D eigenvalue weighted by atomic mass is 19.1. The van der Waals surface area contributed by atoms with Gasteiger partial charge in [0.2, 0.25) is 0 Å². The Hall–Kier alpha value is -1.67. The zero-order valence-electron chi connectivity index (χ0n) is 13.3. The summed E-state index contributed by atoms with van der Waals surface area (Å²) < 4.78 is 14.2. The van der Waals surface area contributed by atoms with Crippen LogP contribution in [0, 0.1) is 26.6 Å². The van der Waals surface area contributed by atoms with Crippen molar-refractivity contribution >= 4 is 0 Å². The van der Waals surface area contributed by atoms with Crippen molar-refractivity contribution in [2.75, 3.05) is 6.54 Å². The van der Waals surface area contributed by atoms with Crippen molar-refractivity contribution in [1.29, 1.82) is 0 Å². The minimum atomic E-state index is -0.127. The molecule has 2 rings (SSSR count). The molecule has 1 N–H and O–H groups in total. The molecule has 0 spiro atoms. The summed E-state index contributed by atoms with van der Waals surface area (Å²) in [4.78, 5) is 0. The second-order valence-electron chi connectivity index (χ2n) is 5.71. The number of halogens is 1. The van der Waals surface area contributed by atoms with E-state index in [0.29, 0.717) is 0 Å². The molecule has 0 aromatic heterocycles. The lowest BCUT2D eigenvalue weighted by Crippen LogP contribution is -2.24. The fraction of sp³-hybridized carbons (Fsp3) is 0.368. The van der Waals surface area contributed by atoms with Gasteiger partial charge in [-0.05, 0) is 56.5 Å². The first kappa shape index (κ1) is 15.7. The van der Waals surface area contributed by atoms with Crippen LogP contribution in [0.4, 0.5) is 4.39 Å². The highest BCUT2D eigenvalue weighted by Gasteiger charge is 2.17. The lowest BCUT2D eigenvalue weighted by Gasteiger charge is -2.22. The predicted octanol–water partition coefficient (Wildman–Crippen LogP) is 4.64. The maximum Gasteiger partial charge on any atom is 0.128 e. The van der Waals surface area contributed by atoms with Gasteiger partial charge < -0.3 is 5.32 Å². The first-order valence-electron chi connectivity index (χ1n) is 7.57. The number of likely N-dealkylation sites (N-methyl/N-ethyl adjacent to an activating group) is 1. The zero-order chi connectivity index (χ0) is 15.4. The molecule has 0 aliphatic rings. The standard InChI is InChI=1S/C19H24FN/c1-5-21-19(17-11-13(2)9-10-18(17)20)12-16-14(3)7-6-8-15(16)4/h6-11,19,21H,5,12H2,1-4H3. The van der Waals surface area contributed by atoms with Crippen LogP contribution in [-0.2, 0) is 6.42 Å². The van der Waals surface area contributed by atoms with Crippen molar-refractivity contribution in [2.45, 2.75) is 40.2 Å². The molecule has 0 amide bonds. The van der Waals surface area contributed by atoms with Gasteiger partial charge in [-0.15, -0.1) is 0 Å². The molecule has 1 nitrogen and oxygen atoms in total. The Kier molecular flexibility index (Phi) is 5.13. The van der Waals surface area contributed by atoms with Gasteiger partial charge in [0, 0.05) is 11.6 Å². The second kappa shape index (κ2) is 6.86. The van der Waals surface area contributed by atoms with Gasteiger partial charge in [-0.1, -0.05) is 42.8 Å². The Morgan fingerprint density at radius 1 is 1.05 bits per heavy atom. The van der Waals surface area contributed by atoms with Crippen molar-refractivity contribution in [1.82, 2.24) is 5.32 Å². The second-order valence-corrected chi connectivity index (χ2v) is 5.71. The molecule has 2 aromatic rings. The Morgan fingerprint density at radius 3 is 2.33 bits per heavy atom. The van der Waals surface area contributed by atoms with Gasteiger partial charge in [0.15, 0.2) is 0 Å². The van der Waals surface area contributed by atoms with Crippen LogP contribution in [0.25, 0.3) is 0 Å². The van der Waals surface area contributed by atoms with Gasteiger partial charge in [-0.2, -0.15) is 0 Å². The summed E-state index contributed by atoms with van der Waals surface area (Å²) in [5, 5.41) is 3.43. The van der Waals surface area contributed by atoms with E-state index in [0.717, 1.165) is 24.1 Å². The molecule has 2 aromatic carbocycles. The van der Waals surface area contributed by atoms with Crippen molar-refractivity contribution in [3.05, 3.63) is 70.0 Å². The van der Waals surface area contributed by atoms with Crippen LogP contribution in [0.5, 0.6) is 0 Å². The number of benzene rings is 2. The number of aryl methyl sites for hydroxylation is 3. The molecule has 0 heterocycles. The van der Waals surface area contributed by atoms with Crippen LogP contribution < -0.4 is 5.32 Å². The number of hydrogen-bond acceptors (Lipinski definition) is 1. The van der Waals surface area contributed by atoms with Crippen LogP contribution in [0.3, 0.4) is 0 Å². The molecule has 0 saturated heterocycles. The van der Waals surface area contributed by atoms with Gasteiger partial charge in [0.05, 0.1) is 0 Å². The maximum absolute atomic E-state index is 14.2. The number of hydrogen-bond donors (Lipinski definition) is 1. The first-order valence-corrected chi connectivity index (χ1v) is 7.57. The summed E-state index contributed by atoms with van der Waals surface area (Å²) in [6.45, 7) is 9.13.